The average molecular weight is 405 g/mol. The van der Waals surface area contributed by atoms with Crippen LogP contribution >= 0.6 is 0 Å². The quantitative estimate of drug-likeness (QED) is 0.553. The highest BCUT2D eigenvalue weighted by Crippen LogP contribution is 2.40. The highest BCUT2D eigenvalue weighted by Gasteiger charge is 2.32. The molecule has 2 heteroatoms. The van der Waals surface area contributed by atoms with Crippen LogP contribution in [0.4, 0.5) is 11.4 Å². The van der Waals surface area contributed by atoms with Gasteiger partial charge in [-0.2, -0.15) is 0 Å². The first kappa shape index (κ1) is 23.8. The van der Waals surface area contributed by atoms with Crippen molar-refractivity contribution in [3.8, 4) is 0 Å². The molecular weight excluding hydrogens is 364 g/mol. The molecule has 2 nitrogen and oxygen atoms in total. The lowest BCUT2D eigenvalue weighted by Crippen LogP contribution is -2.36. The van der Waals surface area contributed by atoms with Gasteiger partial charge in [0.05, 0.1) is 0 Å². The Morgan fingerprint density at radius 2 is 1.50 bits per heavy atom. The second-order valence-electron chi connectivity index (χ2n) is 7.76. The van der Waals surface area contributed by atoms with Crippen LogP contribution in [0.2, 0.25) is 0 Å². The van der Waals surface area contributed by atoms with Gasteiger partial charge in [-0.25, -0.2) is 0 Å². The van der Waals surface area contributed by atoms with Crippen LogP contribution in [0.3, 0.4) is 0 Å². The summed E-state index contributed by atoms with van der Waals surface area (Å²) >= 11 is 0. The normalized spacial score (nSPS) is 19.6. The van der Waals surface area contributed by atoms with E-state index in [1.165, 1.54) is 48.2 Å². The minimum atomic E-state index is 0.554. The van der Waals surface area contributed by atoms with Gasteiger partial charge in [0.15, 0.2) is 0 Å². The second kappa shape index (κ2) is 11.6. The van der Waals surface area contributed by atoms with Crippen LogP contribution in [0.5, 0.6) is 0 Å². The number of allylic oxidation sites excluding steroid dienone is 2. The molecule has 0 saturated heterocycles. The Labute approximate surface area is 184 Å². The molecule has 2 aromatic rings. The van der Waals surface area contributed by atoms with Gasteiger partial charge in [0.2, 0.25) is 0 Å². The Hall–Kier alpha value is -2.48. The Kier molecular flexibility index (Phi) is 9.23. The molecule has 1 heterocycles. The maximum Gasteiger partial charge on any atom is 0.0447 e. The number of aryl methyl sites for hydroxylation is 1. The Morgan fingerprint density at radius 3 is 2.13 bits per heavy atom. The van der Waals surface area contributed by atoms with Gasteiger partial charge in [0, 0.05) is 35.2 Å². The zero-order valence-corrected chi connectivity index (χ0v) is 19.7. The minimum Gasteiger partial charge on any atom is -0.359 e. The number of nitrogens with one attached hydrogen (secondary N) is 1. The van der Waals surface area contributed by atoms with Crippen molar-refractivity contribution in [2.24, 2.45) is 5.92 Å². The molecule has 1 aliphatic carbocycles. The van der Waals surface area contributed by atoms with Gasteiger partial charge < -0.3 is 10.2 Å². The number of rotatable bonds is 4. The standard InChI is InChI=1S/C24H28N2.2C2H6/c1-17-8-12-22(13-9-17)25-19(3)20-10-14-23(15-11-20)26-18(2)16-21-6-4-5-7-24(21)26;2*1-2/h4-9,12-13,20,23,25H,2-3,10-11,14-16H2,1H3;2*1-2H3. The highest BCUT2D eigenvalue weighted by molar-refractivity contribution is 5.65. The van der Waals surface area contributed by atoms with Crippen LogP contribution in [0.25, 0.3) is 0 Å². The van der Waals surface area contributed by atoms with Crippen molar-refractivity contribution >= 4 is 11.4 Å². The van der Waals surface area contributed by atoms with Crippen molar-refractivity contribution in [2.45, 2.75) is 72.8 Å². The number of anilines is 2. The van der Waals surface area contributed by atoms with Crippen LogP contribution in [0, 0.1) is 12.8 Å². The summed E-state index contributed by atoms with van der Waals surface area (Å²) in [5.74, 6) is 0.554. The van der Waals surface area contributed by atoms with E-state index in [2.05, 4.69) is 78.8 Å². The number of benzene rings is 2. The zero-order valence-electron chi connectivity index (χ0n) is 19.7. The number of fused-ring (bicyclic) bond motifs is 1. The first-order chi connectivity index (χ1) is 14.6. The molecule has 30 heavy (non-hydrogen) atoms. The largest absolute Gasteiger partial charge is 0.359 e. The molecule has 0 bridgehead atoms. The first-order valence-corrected chi connectivity index (χ1v) is 11.7. The van der Waals surface area contributed by atoms with Crippen molar-refractivity contribution in [1.29, 1.82) is 0 Å². The van der Waals surface area contributed by atoms with E-state index < -0.39 is 0 Å². The van der Waals surface area contributed by atoms with E-state index in [1.54, 1.807) is 0 Å². The molecule has 0 atom stereocenters. The van der Waals surface area contributed by atoms with Crippen LogP contribution in [0.15, 0.2) is 73.1 Å². The van der Waals surface area contributed by atoms with Crippen LogP contribution in [0.1, 0.15) is 64.5 Å². The van der Waals surface area contributed by atoms with E-state index in [1.807, 2.05) is 27.7 Å². The molecule has 0 radical (unpaired) electrons. The summed E-state index contributed by atoms with van der Waals surface area (Å²) in [6, 6.07) is 17.9. The maximum absolute atomic E-state index is 4.34. The van der Waals surface area contributed by atoms with Crippen LogP contribution in [-0.2, 0) is 6.42 Å². The summed E-state index contributed by atoms with van der Waals surface area (Å²) in [7, 11) is 0. The Morgan fingerprint density at radius 1 is 0.900 bits per heavy atom. The molecule has 1 saturated carbocycles. The fourth-order valence-corrected chi connectivity index (χ4v) is 4.43. The molecule has 162 valence electrons. The van der Waals surface area contributed by atoms with E-state index in [9.17, 15) is 0 Å². The summed E-state index contributed by atoms with van der Waals surface area (Å²) < 4.78 is 0. The van der Waals surface area contributed by atoms with Gasteiger partial charge in [-0.15, -0.1) is 0 Å². The van der Waals surface area contributed by atoms with Crippen molar-refractivity contribution in [3.05, 3.63) is 84.2 Å². The molecular formula is C28H40N2. The molecule has 1 fully saturated rings. The number of hydrogen-bond acceptors (Lipinski definition) is 2. The van der Waals surface area contributed by atoms with E-state index in [4.69, 9.17) is 0 Å². The third kappa shape index (κ3) is 5.56. The lowest BCUT2D eigenvalue weighted by Gasteiger charge is -2.37. The Bertz CT molecular complexity index is 811. The van der Waals surface area contributed by atoms with E-state index >= 15 is 0 Å². The first-order valence-electron chi connectivity index (χ1n) is 11.7. The summed E-state index contributed by atoms with van der Waals surface area (Å²) in [4.78, 5) is 2.50. The Balaban J connectivity index is 0.000000757. The van der Waals surface area contributed by atoms with Crippen molar-refractivity contribution < 1.29 is 0 Å². The molecule has 0 aromatic heterocycles. The minimum absolute atomic E-state index is 0.554. The topological polar surface area (TPSA) is 15.3 Å². The van der Waals surface area contributed by atoms with Crippen LogP contribution in [-0.4, -0.2) is 6.04 Å². The van der Waals surface area contributed by atoms with Gasteiger partial charge in [-0.05, 0) is 62.3 Å². The van der Waals surface area contributed by atoms with E-state index in [0.717, 1.165) is 17.8 Å². The molecule has 1 aliphatic heterocycles. The molecule has 2 aromatic carbocycles. The van der Waals surface area contributed by atoms with E-state index in [0.29, 0.717) is 12.0 Å². The van der Waals surface area contributed by atoms with Gasteiger partial charge in [-0.1, -0.05) is 76.7 Å². The fraction of sp³-hybridized carbons (Fsp3) is 0.429. The predicted molar refractivity (Wildman–Crippen MR) is 134 cm³/mol. The smallest absolute Gasteiger partial charge is 0.0447 e. The zero-order chi connectivity index (χ0) is 22.1. The van der Waals surface area contributed by atoms with Crippen LogP contribution < -0.4 is 10.2 Å². The molecule has 2 aliphatic rings. The lowest BCUT2D eigenvalue weighted by molar-refractivity contribution is 0.358. The number of para-hydroxylation sites is 1. The lowest BCUT2D eigenvalue weighted by atomic mass is 9.83. The SMILES string of the molecule is C=C(Nc1ccc(C)cc1)C1CCC(N2C(=C)Cc3ccccc32)CC1.CC.CC. The van der Waals surface area contributed by atoms with Gasteiger partial charge in [0.25, 0.3) is 0 Å². The summed E-state index contributed by atoms with van der Waals surface area (Å²) in [5.41, 5.74) is 7.64. The van der Waals surface area contributed by atoms with E-state index in [-0.39, 0.29) is 0 Å². The van der Waals surface area contributed by atoms with Gasteiger partial charge >= 0.3 is 0 Å². The number of hydrogen-bond donors (Lipinski definition) is 1. The van der Waals surface area contributed by atoms with Gasteiger partial charge in [0.1, 0.15) is 0 Å². The molecule has 1 N–H and O–H groups in total. The molecule has 0 unspecified atom stereocenters. The summed E-state index contributed by atoms with van der Waals surface area (Å²) in [6.45, 7) is 18.8. The predicted octanol–water partition coefficient (Wildman–Crippen LogP) is 8.11. The third-order valence-electron chi connectivity index (χ3n) is 5.90. The average Bonchev–Trinajstić information content (AvgIpc) is 3.14. The summed E-state index contributed by atoms with van der Waals surface area (Å²) in [5, 5.41) is 3.52. The fourth-order valence-electron chi connectivity index (χ4n) is 4.43. The molecule has 0 amide bonds. The second-order valence-corrected chi connectivity index (χ2v) is 7.76. The number of nitrogens with zero attached hydrogens (tertiary/aromatic N) is 1. The van der Waals surface area contributed by atoms with Crippen molar-refractivity contribution in [2.75, 3.05) is 10.2 Å². The van der Waals surface area contributed by atoms with Crippen molar-refractivity contribution in [1.82, 2.24) is 0 Å². The van der Waals surface area contributed by atoms with Crippen molar-refractivity contribution in [3.63, 3.8) is 0 Å². The maximum atomic E-state index is 4.34. The molecule has 4 rings (SSSR count). The monoisotopic (exact) mass is 404 g/mol. The summed E-state index contributed by atoms with van der Waals surface area (Å²) in [6.07, 6.45) is 5.78. The third-order valence-corrected chi connectivity index (χ3v) is 5.90. The van der Waals surface area contributed by atoms with Gasteiger partial charge in [-0.3, -0.25) is 0 Å². The molecule has 0 spiro atoms. The highest BCUT2D eigenvalue weighted by atomic mass is 15.2.